The summed E-state index contributed by atoms with van der Waals surface area (Å²) in [6.07, 6.45) is 0. The van der Waals surface area contributed by atoms with Gasteiger partial charge in [0.2, 0.25) is 0 Å². The number of urea groups is 1. The van der Waals surface area contributed by atoms with E-state index in [2.05, 4.69) is 11.0 Å². The molecule has 202 valence electrons. The van der Waals surface area contributed by atoms with E-state index in [0.717, 1.165) is 15.3 Å². The number of likely N-dealkylation sites (tertiary alicyclic amines) is 1. The van der Waals surface area contributed by atoms with Crippen molar-refractivity contribution in [2.75, 3.05) is 32.1 Å². The Kier molecular flexibility index (Phi) is 8.26. The van der Waals surface area contributed by atoms with E-state index >= 15 is 0 Å². The van der Waals surface area contributed by atoms with Crippen LogP contribution in [0.3, 0.4) is 0 Å². The van der Waals surface area contributed by atoms with Crippen LogP contribution in [-0.2, 0) is 16.1 Å². The predicted octanol–water partition coefficient (Wildman–Crippen LogP) is 5.57. The number of ether oxygens (including phenoxy) is 1. The van der Waals surface area contributed by atoms with Crippen LogP contribution >= 0.6 is 46.9 Å². The number of nitriles is 1. The fourth-order valence-electron chi connectivity index (χ4n) is 5.32. The molecule has 3 heterocycles. The first-order valence-corrected chi connectivity index (χ1v) is 13.3. The summed E-state index contributed by atoms with van der Waals surface area (Å²) in [5, 5.41) is 11.6. The monoisotopic (exact) mass is 604 g/mol. The van der Waals surface area contributed by atoms with Crippen molar-refractivity contribution >= 4 is 70.5 Å². The Morgan fingerprint density at radius 2 is 1.82 bits per heavy atom. The normalized spacial score (nSPS) is 20.8. The first-order valence-electron chi connectivity index (χ1n) is 11.6. The van der Waals surface area contributed by atoms with Gasteiger partial charge >= 0.3 is 12.0 Å². The number of esters is 1. The van der Waals surface area contributed by atoms with E-state index in [1.54, 1.807) is 42.8 Å². The lowest BCUT2D eigenvalue weighted by molar-refractivity contribution is -0.124. The summed E-state index contributed by atoms with van der Waals surface area (Å²) in [6, 6.07) is 15.1. The van der Waals surface area contributed by atoms with Gasteiger partial charge in [0.05, 0.1) is 30.0 Å². The third-order valence-electron chi connectivity index (χ3n) is 7.13. The molecule has 0 aliphatic carbocycles. The molecule has 0 bridgehead atoms. The van der Waals surface area contributed by atoms with Gasteiger partial charge in [0.15, 0.2) is 0 Å². The van der Waals surface area contributed by atoms with Crippen LogP contribution in [0.15, 0.2) is 53.9 Å². The number of nitrogens with zero attached hydrogens (tertiary/aromatic N) is 4. The first-order chi connectivity index (χ1) is 18.2. The van der Waals surface area contributed by atoms with Crippen LogP contribution < -0.4 is 4.90 Å². The SMILES string of the molecule is COC(=O)c1csc(CN2C[C@@H](c3ccc(C#N)cc3)[C@]3(C2)C(=O)N(c2cc(Cl)cc(Cl)c2)C(=O)N3C)c1.Cl. The summed E-state index contributed by atoms with van der Waals surface area (Å²) in [6.45, 7) is 1.23. The molecule has 8 nitrogen and oxygen atoms in total. The highest BCUT2D eigenvalue weighted by Gasteiger charge is 2.64. The number of carbonyl (C=O) groups is 3. The predicted molar refractivity (Wildman–Crippen MR) is 152 cm³/mol. The minimum atomic E-state index is -1.21. The molecule has 1 spiro atoms. The number of carbonyl (C=O) groups excluding carboxylic acids is 3. The Hall–Kier alpha value is -3.13. The molecule has 0 radical (unpaired) electrons. The molecule has 39 heavy (non-hydrogen) atoms. The second kappa shape index (κ2) is 11.2. The van der Waals surface area contributed by atoms with Crippen molar-refractivity contribution in [2.24, 2.45) is 0 Å². The van der Waals surface area contributed by atoms with E-state index in [4.69, 9.17) is 27.9 Å². The second-order valence-electron chi connectivity index (χ2n) is 9.28. The molecule has 3 amide bonds. The molecule has 2 aliphatic rings. The van der Waals surface area contributed by atoms with Crippen molar-refractivity contribution in [2.45, 2.75) is 18.0 Å². The summed E-state index contributed by atoms with van der Waals surface area (Å²) < 4.78 is 4.82. The lowest BCUT2D eigenvalue weighted by Crippen LogP contribution is -2.53. The molecule has 0 N–H and O–H groups in total. The highest BCUT2D eigenvalue weighted by Crippen LogP contribution is 2.47. The molecule has 2 atom stereocenters. The molecule has 0 unspecified atom stereocenters. The number of halogens is 3. The van der Waals surface area contributed by atoms with E-state index in [1.807, 2.05) is 12.1 Å². The average molecular weight is 606 g/mol. The molecule has 0 saturated carbocycles. The standard InChI is InChI=1S/C27H22Cl2N4O4S.ClH/c1-31-26(36)33(21-9-19(28)8-20(29)10-21)25(35)27(31)15-32(12-22-7-18(14-38-22)24(34)37-2)13-23(27)17-5-3-16(11-30)4-6-17;/h3-10,14,23H,12-13,15H2,1-2H3;1H/t23-,27+;/m0./s1. The van der Waals surface area contributed by atoms with Gasteiger partial charge in [-0.15, -0.1) is 23.7 Å². The molecule has 2 saturated heterocycles. The maximum absolute atomic E-state index is 14.3. The summed E-state index contributed by atoms with van der Waals surface area (Å²) in [7, 11) is 2.97. The molecule has 2 aromatic carbocycles. The number of anilines is 1. The maximum atomic E-state index is 14.3. The zero-order chi connectivity index (χ0) is 27.2. The quantitative estimate of drug-likeness (QED) is 0.279. The number of benzene rings is 2. The van der Waals surface area contributed by atoms with E-state index in [0.29, 0.717) is 39.9 Å². The molecule has 2 aliphatic heterocycles. The highest BCUT2D eigenvalue weighted by molar-refractivity contribution is 7.10. The van der Waals surface area contributed by atoms with E-state index in [1.165, 1.54) is 29.4 Å². The van der Waals surface area contributed by atoms with Gasteiger partial charge in [0.1, 0.15) is 5.54 Å². The van der Waals surface area contributed by atoms with Gasteiger partial charge in [-0.2, -0.15) is 5.26 Å². The fraction of sp³-hybridized carbons (Fsp3) is 0.259. The Morgan fingerprint density at radius 3 is 2.44 bits per heavy atom. The molecule has 12 heteroatoms. The third-order valence-corrected chi connectivity index (χ3v) is 8.49. The van der Waals surface area contributed by atoms with E-state index in [-0.39, 0.29) is 30.8 Å². The lowest BCUT2D eigenvalue weighted by Gasteiger charge is -2.34. The summed E-state index contributed by atoms with van der Waals surface area (Å²) >= 11 is 13.8. The highest BCUT2D eigenvalue weighted by atomic mass is 35.5. The van der Waals surface area contributed by atoms with Gasteiger partial charge in [-0.05, 0) is 42.0 Å². The number of methoxy groups -OCH3 is 1. The number of rotatable bonds is 5. The second-order valence-corrected chi connectivity index (χ2v) is 11.2. The Bertz CT molecular complexity index is 1470. The summed E-state index contributed by atoms with van der Waals surface area (Å²) in [4.78, 5) is 45.4. The molecule has 1 aromatic heterocycles. The van der Waals surface area contributed by atoms with E-state index in [9.17, 15) is 19.6 Å². The van der Waals surface area contributed by atoms with Gasteiger partial charge < -0.3 is 9.64 Å². The Labute approximate surface area is 245 Å². The Balaban J connectivity index is 0.00000353. The zero-order valence-corrected chi connectivity index (χ0v) is 24.0. The lowest BCUT2D eigenvalue weighted by atomic mass is 9.80. The Morgan fingerprint density at radius 1 is 1.15 bits per heavy atom. The van der Waals surface area contributed by atoms with Crippen LogP contribution in [0.2, 0.25) is 10.0 Å². The van der Waals surface area contributed by atoms with Crippen molar-refractivity contribution in [3.63, 3.8) is 0 Å². The van der Waals surface area contributed by atoms with Gasteiger partial charge in [0.25, 0.3) is 5.91 Å². The number of imide groups is 1. The van der Waals surface area contributed by atoms with Crippen molar-refractivity contribution in [3.8, 4) is 6.07 Å². The van der Waals surface area contributed by atoms with Crippen molar-refractivity contribution in [3.05, 3.63) is 85.5 Å². The van der Waals surface area contributed by atoms with Crippen LogP contribution in [0.5, 0.6) is 0 Å². The molecular weight excluding hydrogens is 583 g/mol. The molecule has 2 fully saturated rings. The van der Waals surface area contributed by atoms with E-state index < -0.39 is 17.5 Å². The fourth-order valence-corrected chi connectivity index (χ4v) is 6.73. The third kappa shape index (κ3) is 4.99. The first kappa shape index (κ1) is 28.9. The smallest absolute Gasteiger partial charge is 0.338 e. The van der Waals surface area contributed by atoms with Crippen molar-refractivity contribution in [1.29, 1.82) is 5.26 Å². The topological polar surface area (TPSA) is 94.0 Å². The minimum absolute atomic E-state index is 0. The van der Waals surface area contributed by atoms with Crippen LogP contribution in [-0.4, -0.2) is 60.5 Å². The number of thiophene rings is 1. The average Bonchev–Trinajstić information content (AvgIpc) is 3.57. The van der Waals surface area contributed by atoms with Gasteiger partial charge in [-0.1, -0.05) is 35.3 Å². The van der Waals surface area contributed by atoms with Crippen LogP contribution in [0.1, 0.15) is 32.3 Å². The van der Waals surface area contributed by atoms with Crippen LogP contribution in [0.4, 0.5) is 10.5 Å². The largest absolute Gasteiger partial charge is 0.465 e. The maximum Gasteiger partial charge on any atom is 0.338 e. The van der Waals surface area contributed by atoms with Gasteiger partial charge in [-0.3, -0.25) is 9.69 Å². The molecule has 5 rings (SSSR count). The van der Waals surface area contributed by atoms with Gasteiger partial charge in [-0.25, -0.2) is 14.5 Å². The number of amides is 3. The van der Waals surface area contributed by atoms with Crippen LogP contribution in [0, 0.1) is 11.3 Å². The van der Waals surface area contributed by atoms with Crippen molar-refractivity contribution < 1.29 is 19.1 Å². The summed E-state index contributed by atoms with van der Waals surface area (Å²) in [5.41, 5.74) is 0.913. The summed E-state index contributed by atoms with van der Waals surface area (Å²) in [5.74, 6) is -1.16. The van der Waals surface area contributed by atoms with Crippen molar-refractivity contribution in [1.82, 2.24) is 9.80 Å². The minimum Gasteiger partial charge on any atom is -0.465 e. The zero-order valence-electron chi connectivity index (χ0n) is 20.9. The number of hydrogen-bond donors (Lipinski definition) is 0. The molecular formula is C27H23Cl3N4O4S. The van der Waals surface area contributed by atoms with Gasteiger partial charge in [0, 0.05) is 52.9 Å². The number of hydrogen-bond acceptors (Lipinski definition) is 7. The van der Waals surface area contributed by atoms with Crippen LogP contribution in [0.25, 0.3) is 0 Å². The molecule has 3 aromatic rings. The number of likely N-dealkylation sites (N-methyl/N-ethyl adjacent to an activating group) is 1.